The average Bonchev–Trinajstić information content (AvgIpc) is 2.78. The standard InChI is InChI=1S/C23H23N3O3/c1-29-17-6-4-5-16(13-17)21-14-19(18-7-2-3-8-20(18)25-21)23(28)26-11-9-15(10-12-26)22(24)27/h2-8,13-15H,9-12H2,1H3,(H2,24,27). The largest absolute Gasteiger partial charge is 0.497 e. The smallest absolute Gasteiger partial charge is 0.254 e. The highest BCUT2D eigenvalue weighted by Gasteiger charge is 2.27. The van der Waals surface area contributed by atoms with Gasteiger partial charge in [-0.15, -0.1) is 0 Å². The van der Waals surface area contributed by atoms with E-state index in [9.17, 15) is 9.59 Å². The number of ether oxygens (including phenoxy) is 1. The number of pyridine rings is 1. The lowest BCUT2D eigenvalue weighted by atomic mass is 9.95. The number of piperidine rings is 1. The molecule has 29 heavy (non-hydrogen) atoms. The number of nitrogens with two attached hydrogens (primary N) is 1. The van der Waals surface area contributed by atoms with Crippen LogP contribution < -0.4 is 10.5 Å². The normalized spacial score (nSPS) is 14.7. The first-order chi connectivity index (χ1) is 14.1. The van der Waals surface area contributed by atoms with Crippen molar-refractivity contribution >= 4 is 22.7 Å². The molecule has 6 nitrogen and oxygen atoms in total. The van der Waals surface area contributed by atoms with Crippen LogP contribution in [0.4, 0.5) is 0 Å². The van der Waals surface area contributed by atoms with E-state index >= 15 is 0 Å². The van der Waals surface area contributed by atoms with Crippen LogP contribution in [0.2, 0.25) is 0 Å². The molecule has 0 unspecified atom stereocenters. The van der Waals surface area contributed by atoms with E-state index in [-0.39, 0.29) is 17.7 Å². The molecule has 1 saturated heterocycles. The van der Waals surface area contributed by atoms with Crippen molar-refractivity contribution in [1.82, 2.24) is 9.88 Å². The van der Waals surface area contributed by atoms with E-state index in [0.717, 1.165) is 27.9 Å². The predicted octanol–water partition coefficient (Wildman–Crippen LogP) is 3.25. The van der Waals surface area contributed by atoms with Gasteiger partial charge in [0.2, 0.25) is 5.91 Å². The lowest BCUT2D eigenvalue weighted by Gasteiger charge is -2.31. The molecule has 2 aromatic carbocycles. The van der Waals surface area contributed by atoms with Gasteiger partial charge < -0.3 is 15.4 Å². The third-order valence-electron chi connectivity index (χ3n) is 5.50. The zero-order valence-corrected chi connectivity index (χ0v) is 16.3. The van der Waals surface area contributed by atoms with Crippen molar-refractivity contribution in [3.8, 4) is 17.0 Å². The number of aromatic nitrogens is 1. The first kappa shape index (κ1) is 18.9. The molecule has 0 aliphatic carbocycles. The maximum atomic E-state index is 13.4. The Balaban J connectivity index is 1.73. The summed E-state index contributed by atoms with van der Waals surface area (Å²) in [5, 5.41) is 0.821. The highest BCUT2D eigenvalue weighted by Crippen LogP contribution is 2.29. The highest BCUT2D eigenvalue weighted by molar-refractivity contribution is 6.07. The van der Waals surface area contributed by atoms with Crippen molar-refractivity contribution in [2.45, 2.75) is 12.8 Å². The third-order valence-corrected chi connectivity index (χ3v) is 5.50. The fourth-order valence-electron chi connectivity index (χ4n) is 3.82. The van der Waals surface area contributed by atoms with Gasteiger partial charge in [0.15, 0.2) is 0 Å². The molecule has 0 saturated carbocycles. The Hall–Kier alpha value is -3.41. The Morgan fingerprint density at radius 2 is 1.83 bits per heavy atom. The summed E-state index contributed by atoms with van der Waals surface area (Å²) in [4.78, 5) is 31.3. The lowest BCUT2D eigenvalue weighted by Crippen LogP contribution is -2.41. The summed E-state index contributed by atoms with van der Waals surface area (Å²) in [6.45, 7) is 1.05. The molecule has 3 aromatic rings. The topological polar surface area (TPSA) is 85.5 Å². The molecule has 0 radical (unpaired) electrons. The Labute approximate surface area is 169 Å². The van der Waals surface area contributed by atoms with Gasteiger partial charge in [0.05, 0.1) is 23.9 Å². The third kappa shape index (κ3) is 3.78. The number of hydrogen-bond donors (Lipinski definition) is 1. The number of hydrogen-bond acceptors (Lipinski definition) is 4. The monoisotopic (exact) mass is 389 g/mol. The number of para-hydroxylation sites is 1. The van der Waals surface area contributed by atoms with E-state index in [4.69, 9.17) is 15.5 Å². The molecule has 1 aromatic heterocycles. The number of amides is 2. The van der Waals surface area contributed by atoms with E-state index in [1.165, 1.54) is 0 Å². The average molecular weight is 389 g/mol. The summed E-state index contributed by atoms with van der Waals surface area (Å²) in [5.41, 5.74) is 8.41. The molecular weight excluding hydrogens is 366 g/mol. The van der Waals surface area contributed by atoms with Crippen molar-refractivity contribution in [2.24, 2.45) is 11.7 Å². The van der Waals surface area contributed by atoms with E-state index in [0.29, 0.717) is 31.5 Å². The summed E-state index contributed by atoms with van der Waals surface area (Å²) in [5.74, 6) is 0.252. The summed E-state index contributed by atoms with van der Waals surface area (Å²) in [6.07, 6.45) is 1.21. The van der Waals surface area contributed by atoms with Crippen molar-refractivity contribution in [2.75, 3.05) is 20.2 Å². The number of benzene rings is 2. The van der Waals surface area contributed by atoms with Gasteiger partial charge in [-0.2, -0.15) is 0 Å². The number of rotatable bonds is 4. The number of likely N-dealkylation sites (tertiary alicyclic amines) is 1. The quantitative estimate of drug-likeness (QED) is 0.742. The molecule has 0 atom stereocenters. The second-order valence-electron chi connectivity index (χ2n) is 7.27. The van der Waals surface area contributed by atoms with Crippen LogP contribution in [-0.4, -0.2) is 41.9 Å². The molecule has 148 valence electrons. The van der Waals surface area contributed by atoms with Gasteiger partial charge in [-0.3, -0.25) is 9.59 Å². The SMILES string of the molecule is COc1cccc(-c2cc(C(=O)N3CCC(C(N)=O)CC3)c3ccccc3n2)c1. The maximum absolute atomic E-state index is 13.4. The maximum Gasteiger partial charge on any atom is 0.254 e. The van der Waals surface area contributed by atoms with Crippen LogP contribution in [0.15, 0.2) is 54.6 Å². The summed E-state index contributed by atoms with van der Waals surface area (Å²) >= 11 is 0. The molecule has 1 fully saturated rings. The summed E-state index contributed by atoms with van der Waals surface area (Å²) < 4.78 is 5.33. The van der Waals surface area contributed by atoms with Gasteiger partial charge >= 0.3 is 0 Å². The summed E-state index contributed by atoms with van der Waals surface area (Å²) in [7, 11) is 1.62. The minimum Gasteiger partial charge on any atom is -0.497 e. The zero-order chi connectivity index (χ0) is 20.4. The predicted molar refractivity (Wildman–Crippen MR) is 112 cm³/mol. The summed E-state index contributed by atoms with van der Waals surface area (Å²) in [6, 6.07) is 17.1. The number of nitrogens with zero attached hydrogens (tertiary/aromatic N) is 2. The van der Waals surface area contributed by atoms with Crippen LogP contribution in [0.3, 0.4) is 0 Å². The number of fused-ring (bicyclic) bond motifs is 1. The van der Waals surface area contributed by atoms with Crippen LogP contribution in [0.1, 0.15) is 23.2 Å². The molecular formula is C23H23N3O3. The van der Waals surface area contributed by atoms with Gasteiger partial charge in [0, 0.05) is 30.0 Å². The Morgan fingerprint density at radius 3 is 2.55 bits per heavy atom. The van der Waals surface area contributed by atoms with Crippen molar-refractivity contribution in [1.29, 1.82) is 0 Å². The minimum absolute atomic E-state index is 0.0457. The second kappa shape index (κ2) is 7.91. The molecule has 2 amide bonds. The first-order valence-corrected chi connectivity index (χ1v) is 9.69. The van der Waals surface area contributed by atoms with E-state index in [1.54, 1.807) is 12.0 Å². The molecule has 0 spiro atoms. The Kier molecular flexibility index (Phi) is 5.16. The van der Waals surface area contributed by atoms with Gasteiger partial charge in [-0.1, -0.05) is 30.3 Å². The molecule has 1 aliphatic rings. The highest BCUT2D eigenvalue weighted by atomic mass is 16.5. The number of carbonyl (C=O) groups is 2. The van der Waals surface area contributed by atoms with Gasteiger partial charge in [-0.25, -0.2) is 4.98 Å². The number of methoxy groups -OCH3 is 1. The van der Waals surface area contributed by atoms with Crippen LogP contribution in [0.5, 0.6) is 5.75 Å². The molecule has 4 rings (SSSR count). The van der Waals surface area contributed by atoms with Crippen LogP contribution >= 0.6 is 0 Å². The van der Waals surface area contributed by atoms with E-state index < -0.39 is 0 Å². The fourth-order valence-corrected chi connectivity index (χ4v) is 3.82. The van der Waals surface area contributed by atoms with Crippen molar-refractivity contribution in [3.63, 3.8) is 0 Å². The van der Waals surface area contributed by atoms with Crippen LogP contribution in [-0.2, 0) is 4.79 Å². The van der Waals surface area contributed by atoms with E-state index in [2.05, 4.69) is 0 Å². The van der Waals surface area contributed by atoms with Gasteiger partial charge in [0.25, 0.3) is 5.91 Å². The molecule has 6 heteroatoms. The second-order valence-corrected chi connectivity index (χ2v) is 7.27. The molecule has 0 bridgehead atoms. The number of primary amides is 1. The Morgan fingerprint density at radius 1 is 1.07 bits per heavy atom. The zero-order valence-electron chi connectivity index (χ0n) is 16.3. The fraction of sp³-hybridized carbons (Fsp3) is 0.261. The molecule has 2 N–H and O–H groups in total. The van der Waals surface area contributed by atoms with Crippen molar-refractivity contribution < 1.29 is 14.3 Å². The molecule has 2 heterocycles. The van der Waals surface area contributed by atoms with Crippen LogP contribution in [0.25, 0.3) is 22.2 Å². The minimum atomic E-state index is -0.285. The number of carbonyl (C=O) groups excluding carboxylic acids is 2. The van der Waals surface area contributed by atoms with Gasteiger partial charge in [-0.05, 0) is 37.1 Å². The van der Waals surface area contributed by atoms with E-state index in [1.807, 2.05) is 54.6 Å². The molecule has 1 aliphatic heterocycles. The van der Waals surface area contributed by atoms with Gasteiger partial charge in [0.1, 0.15) is 5.75 Å². The lowest BCUT2D eigenvalue weighted by molar-refractivity contribution is -0.123. The van der Waals surface area contributed by atoms with Crippen molar-refractivity contribution in [3.05, 3.63) is 60.2 Å². The van der Waals surface area contributed by atoms with Crippen LogP contribution in [0, 0.1) is 5.92 Å². The Bertz CT molecular complexity index is 1070. The first-order valence-electron chi connectivity index (χ1n) is 9.69.